The number of hydrogen-bond donors (Lipinski definition) is 0. The monoisotopic (exact) mass is 401 g/mol. The van der Waals surface area contributed by atoms with Crippen LogP contribution in [0.2, 0.25) is 18.1 Å². The maximum atomic E-state index is 6.46. The minimum atomic E-state index is -1.85. The highest BCUT2D eigenvalue weighted by Crippen LogP contribution is 2.37. The van der Waals surface area contributed by atoms with Gasteiger partial charge in [-0.15, -0.1) is 5.06 Å². The lowest BCUT2D eigenvalue weighted by Gasteiger charge is -2.36. The van der Waals surface area contributed by atoms with Gasteiger partial charge in [0.05, 0.1) is 13.7 Å². The van der Waals surface area contributed by atoms with E-state index in [-0.39, 0.29) is 5.04 Å². The van der Waals surface area contributed by atoms with E-state index in [2.05, 4.69) is 65.1 Å². The summed E-state index contributed by atoms with van der Waals surface area (Å²) in [6.45, 7) is 15.0. The van der Waals surface area contributed by atoms with Crippen molar-refractivity contribution in [2.75, 3.05) is 13.7 Å². The summed E-state index contributed by atoms with van der Waals surface area (Å²) in [6.07, 6.45) is 1.01. The highest BCUT2D eigenvalue weighted by molar-refractivity contribution is 6.74. The Morgan fingerprint density at radius 3 is 2.14 bits per heavy atom. The van der Waals surface area contributed by atoms with Crippen LogP contribution in [0.5, 0.6) is 17.2 Å². The van der Waals surface area contributed by atoms with E-state index in [1.165, 1.54) is 5.56 Å². The summed E-state index contributed by atoms with van der Waals surface area (Å²) in [7, 11) is -0.186. The van der Waals surface area contributed by atoms with E-state index in [0.29, 0.717) is 6.54 Å². The zero-order valence-corrected chi connectivity index (χ0v) is 19.4. The molecule has 5 heteroatoms. The molecule has 0 unspecified atom stereocenters. The van der Waals surface area contributed by atoms with Gasteiger partial charge in [-0.25, -0.2) is 0 Å². The van der Waals surface area contributed by atoms with Gasteiger partial charge in [0.2, 0.25) is 8.32 Å². The van der Waals surface area contributed by atoms with Crippen LogP contribution in [-0.4, -0.2) is 27.0 Å². The number of nitrogens with zero attached hydrogens (tertiary/aromatic N) is 1. The molecule has 0 fully saturated rings. The molecule has 28 heavy (non-hydrogen) atoms. The van der Waals surface area contributed by atoms with E-state index in [9.17, 15) is 0 Å². The Balaban J connectivity index is 2.10. The third kappa shape index (κ3) is 6.28. The molecule has 2 rings (SSSR count). The highest BCUT2D eigenvalue weighted by Gasteiger charge is 2.38. The fourth-order valence-corrected chi connectivity index (χ4v) is 3.57. The van der Waals surface area contributed by atoms with Crippen LogP contribution in [-0.2, 0) is 6.54 Å². The van der Waals surface area contributed by atoms with Gasteiger partial charge in [0, 0.05) is 6.54 Å². The fourth-order valence-electron chi connectivity index (χ4n) is 2.55. The van der Waals surface area contributed by atoms with E-state index in [4.69, 9.17) is 14.0 Å². The minimum Gasteiger partial charge on any atom is -0.543 e. The third-order valence-corrected chi connectivity index (χ3v) is 9.56. The van der Waals surface area contributed by atoms with Crippen LogP contribution in [0, 0.1) is 0 Å². The van der Waals surface area contributed by atoms with Crippen LogP contribution in [0.15, 0.2) is 48.5 Å². The molecule has 0 radical (unpaired) electrons. The van der Waals surface area contributed by atoms with Crippen LogP contribution >= 0.6 is 0 Å². The molecule has 0 heterocycles. The average molecular weight is 402 g/mol. The molecule has 2 aromatic rings. The van der Waals surface area contributed by atoms with Crippen LogP contribution in [0.4, 0.5) is 0 Å². The van der Waals surface area contributed by atoms with Gasteiger partial charge < -0.3 is 14.0 Å². The van der Waals surface area contributed by atoms with Crippen molar-refractivity contribution in [1.82, 2.24) is 5.06 Å². The van der Waals surface area contributed by atoms with E-state index < -0.39 is 8.32 Å². The van der Waals surface area contributed by atoms with Gasteiger partial charge >= 0.3 is 0 Å². The zero-order chi connectivity index (χ0) is 20.8. The molecule has 4 nitrogen and oxygen atoms in total. The van der Waals surface area contributed by atoms with Gasteiger partial charge in [-0.1, -0.05) is 39.8 Å². The molecule has 0 aromatic heterocycles. The van der Waals surface area contributed by atoms with Gasteiger partial charge in [-0.2, -0.15) is 0 Å². The van der Waals surface area contributed by atoms with E-state index in [1.54, 1.807) is 7.11 Å². The average Bonchev–Trinajstić information content (AvgIpc) is 2.61. The summed E-state index contributed by atoms with van der Waals surface area (Å²) in [5, 5.41) is 2.17. The molecule has 0 bridgehead atoms. The molecule has 0 N–H and O–H groups in total. The smallest absolute Gasteiger partial charge is 0.250 e. The van der Waals surface area contributed by atoms with Crippen molar-refractivity contribution in [1.29, 1.82) is 0 Å². The first-order valence-electron chi connectivity index (χ1n) is 9.99. The SMILES string of the molecule is CCCN(Cc1cccc(O[Si](C)(C)C(C)(C)C)c1)Oc1ccc(OC)cc1. The van der Waals surface area contributed by atoms with E-state index >= 15 is 0 Å². The molecule has 0 atom stereocenters. The summed E-state index contributed by atoms with van der Waals surface area (Å²) >= 11 is 0. The second kappa shape index (κ2) is 9.48. The topological polar surface area (TPSA) is 30.9 Å². The molecule has 0 saturated heterocycles. The fraction of sp³-hybridized carbons (Fsp3) is 0.478. The highest BCUT2D eigenvalue weighted by atomic mass is 28.4. The van der Waals surface area contributed by atoms with Crippen LogP contribution in [0.1, 0.15) is 39.7 Å². The summed E-state index contributed by atoms with van der Waals surface area (Å²) in [5.74, 6) is 2.58. The van der Waals surface area contributed by atoms with Crippen LogP contribution in [0.3, 0.4) is 0 Å². The van der Waals surface area contributed by atoms with Crippen molar-refractivity contribution in [2.24, 2.45) is 0 Å². The predicted molar refractivity (Wildman–Crippen MR) is 119 cm³/mol. The Morgan fingerprint density at radius 1 is 0.929 bits per heavy atom. The number of hydrogen-bond acceptors (Lipinski definition) is 4. The number of hydroxylamine groups is 2. The summed E-state index contributed by atoms with van der Waals surface area (Å²) in [5.41, 5.74) is 1.18. The maximum absolute atomic E-state index is 6.46. The molecule has 154 valence electrons. The Kier molecular flexibility index (Phi) is 7.55. The Morgan fingerprint density at radius 2 is 1.57 bits per heavy atom. The number of rotatable bonds is 9. The van der Waals surface area contributed by atoms with E-state index in [0.717, 1.165) is 30.2 Å². The van der Waals surface area contributed by atoms with Gasteiger partial charge in [0.1, 0.15) is 17.2 Å². The van der Waals surface area contributed by atoms with Crippen molar-refractivity contribution in [3.8, 4) is 17.2 Å². The largest absolute Gasteiger partial charge is 0.543 e. The van der Waals surface area contributed by atoms with E-state index in [1.807, 2.05) is 29.3 Å². The third-order valence-electron chi connectivity index (χ3n) is 5.20. The van der Waals surface area contributed by atoms with Crippen molar-refractivity contribution in [3.05, 3.63) is 54.1 Å². The van der Waals surface area contributed by atoms with Crippen molar-refractivity contribution < 1.29 is 14.0 Å². The number of ether oxygens (including phenoxy) is 1. The molecule has 0 saturated carbocycles. The molecular weight excluding hydrogens is 366 g/mol. The minimum absolute atomic E-state index is 0.175. The lowest BCUT2D eigenvalue weighted by molar-refractivity contribution is -0.0669. The molecule has 0 aliphatic rings. The second-order valence-electron chi connectivity index (χ2n) is 8.64. The molecule has 2 aromatic carbocycles. The summed E-state index contributed by atoms with van der Waals surface area (Å²) in [6, 6.07) is 16.1. The van der Waals surface area contributed by atoms with Crippen LogP contribution in [0.25, 0.3) is 0 Å². The lowest BCUT2D eigenvalue weighted by Crippen LogP contribution is -2.43. The number of benzene rings is 2. The summed E-state index contributed by atoms with van der Waals surface area (Å²) < 4.78 is 11.7. The lowest BCUT2D eigenvalue weighted by atomic mass is 10.2. The van der Waals surface area contributed by atoms with Crippen LogP contribution < -0.4 is 14.0 Å². The molecule has 0 amide bonds. The van der Waals surface area contributed by atoms with Crippen molar-refractivity contribution in [3.63, 3.8) is 0 Å². The molecule has 0 aliphatic carbocycles. The van der Waals surface area contributed by atoms with Gasteiger partial charge in [0.25, 0.3) is 0 Å². The molecule has 0 aliphatic heterocycles. The Labute approximate surface area is 171 Å². The number of methoxy groups -OCH3 is 1. The van der Waals surface area contributed by atoms with Gasteiger partial charge in [0.15, 0.2) is 0 Å². The van der Waals surface area contributed by atoms with Crippen molar-refractivity contribution >= 4 is 8.32 Å². The molecule has 0 spiro atoms. The quantitative estimate of drug-likeness (QED) is 0.365. The second-order valence-corrected chi connectivity index (χ2v) is 13.4. The molecular formula is C23H35NO3Si. The first kappa shape index (κ1) is 22.3. The Hall–Kier alpha value is -1.98. The van der Waals surface area contributed by atoms with Crippen molar-refractivity contribution in [2.45, 2.75) is 58.8 Å². The zero-order valence-electron chi connectivity index (χ0n) is 18.4. The Bertz CT molecular complexity index is 738. The predicted octanol–water partition coefficient (Wildman–Crippen LogP) is 6.29. The van der Waals surface area contributed by atoms with Gasteiger partial charge in [-0.3, -0.25) is 0 Å². The normalized spacial score (nSPS) is 12.1. The maximum Gasteiger partial charge on any atom is 0.250 e. The van der Waals surface area contributed by atoms with Gasteiger partial charge in [-0.05, 0) is 66.5 Å². The first-order valence-corrected chi connectivity index (χ1v) is 12.9. The first-order chi connectivity index (χ1) is 13.1. The summed E-state index contributed by atoms with van der Waals surface area (Å²) in [4.78, 5) is 6.10. The standard InChI is InChI=1S/C23H35NO3Si/c1-8-16-24(26-21-14-12-20(25-5)13-15-21)18-19-10-9-11-22(17-19)27-28(6,7)23(2,3)4/h9-15,17H,8,16,18H2,1-7H3.